The largest absolute Gasteiger partial charge is 0.489 e. The Hall–Kier alpha value is -3.59. The Morgan fingerprint density at radius 1 is 1.13 bits per heavy atom. The number of carbonyl (C=O) groups is 1. The highest BCUT2D eigenvalue weighted by Gasteiger charge is 2.19. The third-order valence-corrected chi connectivity index (χ3v) is 5.63. The minimum absolute atomic E-state index is 0.267. The molecule has 1 saturated heterocycles. The van der Waals surface area contributed by atoms with Crippen molar-refractivity contribution in [2.75, 3.05) is 61.5 Å². The molecule has 2 aliphatic rings. The van der Waals surface area contributed by atoms with E-state index in [1.807, 2.05) is 31.3 Å². The molecule has 2 aromatic heterocycles. The predicted octanol–water partition coefficient (Wildman–Crippen LogP) is 1.76. The van der Waals surface area contributed by atoms with Crippen molar-refractivity contribution >= 4 is 23.0 Å². The topological polar surface area (TPSA) is 87.5 Å². The van der Waals surface area contributed by atoms with Crippen LogP contribution in [-0.2, 0) is 0 Å². The number of aromatic nitrogens is 3. The molecule has 1 fully saturated rings. The first kappa shape index (κ1) is 19.4. The summed E-state index contributed by atoms with van der Waals surface area (Å²) in [6.07, 6.45) is 5.21. The Balaban J connectivity index is 1.35. The van der Waals surface area contributed by atoms with Crippen LogP contribution < -0.4 is 25.2 Å². The third kappa shape index (κ3) is 3.91. The van der Waals surface area contributed by atoms with Crippen molar-refractivity contribution in [2.24, 2.45) is 0 Å². The van der Waals surface area contributed by atoms with Gasteiger partial charge >= 0.3 is 0 Å². The second-order valence-electron chi connectivity index (χ2n) is 7.65. The van der Waals surface area contributed by atoms with Crippen LogP contribution in [0.1, 0.15) is 10.5 Å². The van der Waals surface area contributed by atoms with Crippen molar-refractivity contribution in [3.63, 3.8) is 0 Å². The average molecular weight is 419 g/mol. The summed E-state index contributed by atoms with van der Waals surface area (Å²) >= 11 is 0. The number of carbonyl (C=O) groups excluding carboxylic acids is 1. The number of fused-ring (bicyclic) bond motifs is 1. The van der Waals surface area contributed by atoms with Gasteiger partial charge in [0.1, 0.15) is 12.4 Å². The van der Waals surface area contributed by atoms with Gasteiger partial charge in [-0.3, -0.25) is 9.78 Å². The quantitative estimate of drug-likeness (QED) is 0.666. The van der Waals surface area contributed by atoms with Crippen LogP contribution in [0.15, 0.2) is 48.9 Å². The number of ether oxygens (including phenoxy) is 1. The zero-order valence-electron chi connectivity index (χ0n) is 17.4. The molecule has 4 heterocycles. The second-order valence-corrected chi connectivity index (χ2v) is 7.65. The van der Waals surface area contributed by atoms with Gasteiger partial charge < -0.3 is 25.2 Å². The highest BCUT2D eigenvalue weighted by molar-refractivity contribution is 6.04. The number of nitrogens with one attached hydrogen (secondary N) is 2. The lowest BCUT2D eigenvalue weighted by atomic mass is 10.2. The number of hydrogen-bond acceptors (Lipinski definition) is 7. The number of likely N-dealkylation sites (N-methyl/N-ethyl adjacent to an activating group) is 1. The third-order valence-electron chi connectivity index (χ3n) is 5.63. The fourth-order valence-corrected chi connectivity index (χ4v) is 3.93. The molecule has 3 aromatic rings. The summed E-state index contributed by atoms with van der Waals surface area (Å²) in [7, 11) is 2.05. The lowest BCUT2D eigenvalue weighted by Gasteiger charge is -2.30. The number of hydrogen-bond donors (Lipinski definition) is 2. The maximum atomic E-state index is 12.9. The predicted molar refractivity (Wildman–Crippen MR) is 120 cm³/mol. The standard InChI is InChI=1S/C22H25N7O2/c1-27-12-13-31-21-14-16(2-3-20(21)27)29-9-5-17(26-29)22(30)25-18-15-24-6-4-19(18)28-10-7-23-8-11-28/h2-6,9,14-15,23H,7-8,10-13H2,1H3,(H,25,30). The van der Waals surface area contributed by atoms with Gasteiger partial charge in [-0.2, -0.15) is 5.10 Å². The van der Waals surface area contributed by atoms with Gasteiger partial charge in [0, 0.05) is 51.7 Å². The molecule has 1 aromatic carbocycles. The van der Waals surface area contributed by atoms with Gasteiger partial charge in [-0.25, -0.2) is 4.68 Å². The number of rotatable bonds is 4. The number of pyridine rings is 1. The van der Waals surface area contributed by atoms with E-state index in [1.54, 1.807) is 29.3 Å². The van der Waals surface area contributed by atoms with Gasteiger partial charge in [-0.15, -0.1) is 0 Å². The second kappa shape index (κ2) is 8.27. The van der Waals surface area contributed by atoms with Gasteiger partial charge in [0.2, 0.25) is 0 Å². The molecule has 5 rings (SSSR count). The Kier molecular flexibility index (Phi) is 5.17. The zero-order valence-corrected chi connectivity index (χ0v) is 17.4. The zero-order chi connectivity index (χ0) is 21.2. The molecular formula is C22H25N7O2. The van der Waals surface area contributed by atoms with Gasteiger partial charge in [-0.05, 0) is 24.3 Å². The fourth-order valence-electron chi connectivity index (χ4n) is 3.93. The van der Waals surface area contributed by atoms with Crippen molar-refractivity contribution in [1.29, 1.82) is 0 Å². The first-order valence-corrected chi connectivity index (χ1v) is 10.4. The number of amides is 1. The molecule has 160 valence electrons. The first-order valence-electron chi connectivity index (χ1n) is 10.4. The molecule has 0 saturated carbocycles. The van der Waals surface area contributed by atoms with Crippen LogP contribution in [0.4, 0.5) is 17.1 Å². The number of anilines is 3. The summed E-state index contributed by atoms with van der Waals surface area (Å²) in [5.41, 5.74) is 3.90. The molecule has 9 heteroatoms. The van der Waals surface area contributed by atoms with E-state index >= 15 is 0 Å². The Morgan fingerprint density at radius 3 is 2.87 bits per heavy atom. The number of nitrogens with zero attached hydrogens (tertiary/aromatic N) is 5. The van der Waals surface area contributed by atoms with E-state index in [0.29, 0.717) is 18.0 Å². The van der Waals surface area contributed by atoms with Crippen LogP contribution in [0.5, 0.6) is 5.75 Å². The molecule has 0 spiro atoms. The monoisotopic (exact) mass is 419 g/mol. The summed E-state index contributed by atoms with van der Waals surface area (Å²) in [5, 5.41) is 10.8. The first-order chi connectivity index (χ1) is 15.2. The maximum absolute atomic E-state index is 12.9. The van der Waals surface area contributed by atoms with Crippen molar-refractivity contribution in [2.45, 2.75) is 0 Å². The molecule has 0 radical (unpaired) electrons. The van der Waals surface area contributed by atoms with Crippen LogP contribution >= 0.6 is 0 Å². The molecule has 2 aliphatic heterocycles. The molecule has 0 aliphatic carbocycles. The molecule has 31 heavy (non-hydrogen) atoms. The van der Waals surface area contributed by atoms with E-state index in [4.69, 9.17) is 4.74 Å². The van der Waals surface area contributed by atoms with Crippen LogP contribution in [-0.4, -0.2) is 67.0 Å². The number of piperazine rings is 1. The van der Waals surface area contributed by atoms with Crippen LogP contribution in [0.25, 0.3) is 5.69 Å². The van der Waals surface area contributed by atoms with E-state index < -0.39 is 0 Å². The minimum atomic E-state index is -0.267. The Bertz CT molecular complexity index is 1090. The molecule has 1 amide bonds. The van der Waals surface area contributed by atoms with Crippen molar-refractivity contribution < 1.29 is 9.53 Å². The van der Waals surface area contributed by atoms with E-state index in [9.17, 15) is 4.79 Å². The highest BCUT2D eigenvalue weighted by atomic mass is 16.5. The Labute approximate surface area is 180 Å². The molecule has 2 N–H and O–H groups in total. The molecule has 9 nitrogen and oxygen atoms in total. The normalized spacial score (nSPS) is 15.9. The smallest absolute Gasteiger partial charge is 0.276 e. The van der Waals surface area contributed by atoms with Gasteiger partial charge in [0.15, 0.2) is 5.69 Å². The van der Waals surface area contributed by atoms with Gasteiger partial charge in [-0.1, -0.05) is 0 Å². The highest BCUT2D eigenvalue weighted by Crippen LogP contribution is 2.32. The number of benzene rings is 1. The summed E-state index contributed by atoms with van der Waals surface area (Å²) in [6.45, 7) is 5.12. The average Bonchev–Trinajstić information content (AvgIpc) is 3.31. The van der Waals surface area contributed by atoms with Crippen LogP contribution in [0.2, 0.25) is 0 Å². The van der Waals surface area contributed by atoms with E-state index in [0.717, 1.165) is 55.5 Å². The lowest BCUT2D eigenvalue weighted by molar-refractivity contribution is 0.102. The van der Waals surface area contributed by atoms with Gasteiger partial charge in [0.05, 0.1) is 35.5 Å². The van der Waals surface area contributed by atoms with Crippen LogP contribution in [0.3, 0.4) is 0 Å². The molecule has 0 atom stereocenters. The van der Waals surface area contributed by atoms with E-state index in [2.05, 4.69) is 30.5 Å². The lowest BCUT2D eigenvalue weighted by Crippen LogP contribution is -2.43. The summed E-state index contributed by atoms with van der Waals surface area (Å²) in [5.74, 6) is 0.556. The minimum Gasteiger partial charge on any atom is -0.489 e. The summed E-state index contributed by atoms with van der Waals surface area (Å²) in [4.78, 5) is 21.5. The van der Waals surface area contributed by atoms with Crippen molar-refractivity contribution in [3.8, 4) is 11.4 Å². The van der Waals surface area contributed by atoms with E-state index in [-0.39, 0.29) is 5.91 Å². The summed E-state index contributed by atoms with van der Waals surface area (Å²) in [6, 6.07) is 9.58. The summed E-state index contributed by atoms with van der Waals surface area (Å²) < 4.78 is 7.47. The Morgan fingerprint density at radius 2 is 2.00 bits per heavy atom. The maximum Gasteiger partial charge on any atom is 0.276 e. The van der Waals surface area contributed by atoms with Crippen LogP contribution in [0, 0.1) is 0 Å². The van der Waals surface area contributed by atoms with Gasteiger partial charge in [0.25, 0.3) is 5.91 Å². The van der Waals surface area contributed by atoms with Crippen molar-refractivity contribution in [1.82, 2.24) is 20.1 Å². The van der Waals surface area contributed by atoms with Crippen molar-refractivity contribution in [3.05, 3.63) is 54.6 Å². The SMILES string of the molecule is CN1CCOc2cc(-n3ccc(C(=O)Nc4cnccc4N4CCNCC4)n3)ccc21. The van der Waals surface area contributed by atoms with E-state index in [1.165, 1.54) is 0 Å². The molecule has 0 bridgehead atoms. The molecule has 0 unspecified atom stereocenters. The fraction of sp³-hybridized carbons (Fsp3) is 0.318. The molecular weight excluding hydrogens is 394 g/mol.